The maximum atomic E-state index is 5.50. The first kappa shape index (κ1) is 9.22. The predicted molar refractivity (Wildman–Crippen MR) is 46.5 cm³/mol. The Morgan fingerprint density at radius 2 is 2.17 bits per heavy atom. The Morgan fingerprint density at radius 3 is 2.67 bits per heavy atom. The molecule has 1 aromatic heterocycles. The maximum Gasteiger partial charge on any atom is 0.138 e. The number of hydrogen-bond acceptors (Lipinski definition) is 4. The molecule has 0 aromatic carbocycles. The molecule has 0 radical (unpaired) electrons. The molecule has 0 fully saturated rings. The molecule has 0 spiro atoms. The number of aryl methyl sites for hydroxylation is 1. The highest BCUT2D eigenvalue weighted by molar-refractivity contribution is 5.21. The minimum absolute atomic E-state index is 0.445. The highest BCUT2D eigenvalue weighted by atomic mass is 16.5. The molecule has 0 saturated carbocycles. The summed E-state index contributed by atoms with van der Waals surface area (Å²) >= 11 is 0. The molecule has 4 nitrogen and oxygen atoms in total. The van der Waals surface area contributed by atoms with Gasteiger partial charge in [-0.25, -0.2) is 0 Å². The molecule has 68 valence electrons. The van der Waals surface area contributed by atoms with Crippen LogP contribution in [0.1, 0.15) is 17.0 Å². The molecule has 1 rings (SSSR count). The lowest BCUT2D eigenvalue weighted by Gasteiger charge is -2.08. The molecule has 12 heavy (non-hydrogen) atoms. The lowest BCUT2D eigenvalue weighted by molar-refractivity contribution is 0.378. The van der Waals surface area contributed by atoms with E-state index >= 15 is 0 Å². The van der Waals surface area contributed by atoms with Crippen LogP contribution in [-0.4, -0.2) is 24.2 Å². The van der Waals surface area contributed by atoms with Crippen molar-refractivity contribution in [3.8, 4) is 0 Å². The number of rotatable bonds is 3. The third kappa shape index (κ3) is 1.84. The Kier molecular flexibility index (Phi) is 2.83. The molecular formula is C8H15N3O. The number of nitrogens with zero attached hydrogens (tertiary/aromatic N) is 2. The van der Waals surface area contributed by atoms with Gasteiger partial charge in [0.25, 0.3) is 0 Å². The monoisotopic (exact) mass is 169 g/mol. The van der Waals surface area contributed by atoms with E-state index in [1.165, 1.54) is 0 Å². The average Bonchev–Trinajstić information content (AvgIpc) is 2.32. The van der Waals surface area contributed by atoms with Crippen LogP contribution < -0.4 is 5.73 Å². The summed E-state index contributed by atoms with van der Waals surface area (Å²) < 4.78 is 5.03. The van der Waals surface area contributed by atoms with Crippen molar-refractivity contribution < 1.29 is 4.52 Å². The van der Waals surface area contributed by atoms with Crippen LogP contribution >= 0.6 is 0 Å². The van der Waals surface area contributed by atoms with Crippen LogP contribution in [0.25, 0.3) is 0 Å². The molecule has 0 saturated heterocycles. The quantitative estimate of drug-likeness (QED) is 0.716. The largest absolute Gasteiger partial charge is 0.361 e. The third-order valence-corrected chi connectivity index (χ3v) is 1.73. The smallest absolute Gasteiger partial charge is 0.138 e. The van der Waals surface area contributed by atoms with E-state index < -0.39 is 0 Å². The summed E-state index contributed by atoms with van der Waals surface area (Å²) in [4.78, 5) is 2.07. The molecule has 0 bridgehead atoms. The second-order valence-corrected chi connectivity index (χ2v) is 3.11. The van der Waals surface area contributed by atoms with Crippen molar-refractivity contribution in [1.29, 1.82) is 0 Å². The van der Waals surface area contributed by atoms with E-state index in [4.69, 9.17) is 10.3 Å². The van der Waals surface area contributed by atoms with E-state index in [-0.39, 0.29) is 0 Å². The summed E-state index contributed by atoms with van der Waals surface area (Å²) in [6.45, 7) is 3.19. The third-order valence-electron chi connectivity index (χ3n) is 1.73. The van der Waals surface area contributed by atoms with Crippen LogP contribution in [0.3, 0.4) is 0 Å². The molecule has 0 unspecified atom stereocenters. The molecular weight excluding hydrogens is 154 g/mol. The molecule has 0 amide bonds. The first-order valence-corrected chi connectivity index (χ1v) is 3.94. The van der Waals surface area contributed by atoms with Gasteiger partial charge in [-0.1, -0.05) is 5.16 Å². The Hall–Kier alpha value is -0.870. The van der Waals surface area contributed by atoms with Crippen molar-refractivity contribution >= 4 is 0 Å². The molecule has 0 aliphatic carbocycles. The maximum absolute atomic E-state index is 5.50. The summed E-state index contributed by atoms with van der Waals surface area (Å²) in [5.41, 5.74) is 7.47. The zero-order chi connectivity index (χ0) is 9.14. The minimum atomic E-state index is 0.445. The molecule has 0 aliphatic rings. The Morgan fingerprint density at radius 1 is 1.50 bits per heavy atom. The van der Waals surface area contributed by atoms with E-state index in [9.17, 15) is 0 Å². The van der Waals surface area contributed by atoms with E-state index in [1.54, 1.807) is 0 Å². The molecule has 0 atom stereocenters. The van der Waals surface area contributed by atoms with Gasteiger partial charge in [-0.2, -0.15) is 0 Å². The van der Waals surface area contributed by atoms with Crippen LogP contribution in [0.15, 0.2) is 4.52 Å². The Labute approximate surface area is 72.3 Å². The Bertz CT molecular complexity index is 255. The van der Waals surface area contributed by atoms with Crippen molar-refractivity contribution in [1.82, 2.24) is 10.1 Å². The summed E-state index contributed by atoms with van der Waals surface area (Å²) in [5.74, 6) is 0.865. The van der Waals surface area contributed by atoms with Gasteiger partial charge in [0, 0.05) is 18.7 Å². The van der Waals surface area contributed by atoms with Crippen LogP contribution in [-0.2, 0) is 13.1 Å². The fourth-order valence-electron chi connectivity index (χ4n) is 1.12. The average molecular weight is 169 g/mol. The van der Waals surface area contributed by atoms with Crippen molar-refractivity contribution in [3.05, 3.63) is 17.0 Å². The highest BCUT2D eigenvalue weighted by Gasteiger charge is 2.11. The zero-order valence-corrected chi connectivity index (χ0v) is 7.79. The number of nitrogens with two attached hydrogens (primary N) is 1. The van der Waals surface area contributed by atoms with Gasteiger partial charge in [-0.15, -0.1) is 0 Å². The van der Waals surface area contributed by atoms with Crippen molar-refractivity contribution in [2.24, 2.45) is 5.73 Å². The van der Waals surface area contributed by atoms with E-state index in [1.807, 2.05) is 21.0 Å². The van der Waals surface area contributed by atoms with Crippen LogP contribution in [0.4, 0.5) is 0 Å². The van der Waals surface area contributed by atoms with Crippen molar-refractivity contribution in [2.75, 3.05) is 14.1 Å². The summed E-state index contributed by atoms with van der Waals surface area (Å²) in [6.07, 6.45) is 0. The van der Waals surface area contributed by atoms with Gasteiger partial charge >= 0.3 is 0 Å². The fraction of sp³-hybridized carbons (Fsp3) is 0.625. The van der Waals surface area contributed by atoms with Gasteiger partial charge in [-0.05, 0) is 21.0 Å². The second-order valence-electron chi connectivity index (χ2n) is 3.11. The van der Waals surface area contributed by atoms with E-state index in [0.29, 0.717) is 6.54 Å². The highest BCUT2D eigenvalue weighted by Crippen LogP contribution is 2.13. The second kappa shape index (κ2) is 3.69. The standard InChI is InChI=1S/C8H15N3O/c1-6-7(5-11(2)3)8(4-9)10-12-6/h4-5,9H2,1-3H3. The molecule has 1 aromatic rings. The summed E-state index contributed by atoms with van der Waals surface area (Å²) in [6, 6.07) is 0. The molecule has 2 N–H and O–H groups in total. The van der Waals surface area contributed by atoms with Crippen LogP contribution in [0.2, 0.25) is 0 Å². The molecule has 0 aliphatic heterocycles. The summed E-state index contributed by atoms with van der Waals surface area (Å²) in [7, 11) is 4.01. The lowest BCUT2D eigenvalue weighted by Crippen LogP contribution is -2.13. The van der Waals surface area contributed by atoms with Crippen LogP contribution in [0.5, 0.6) is 0 Å². The first-order valence-electron chi connectivity index (χ1n) is 3.94. The van der Waals surface area contributed by atoms with Gasteiger partial charge in [0.05, 0.1) is 0 Å². The fourth-order valence-corrected chi connectivity index (χ4v) is 1.12. The normalized spacial score (nSPS) is 11.1. The van der Waals surface area contributed by atoms with Gasteiger partial charge in [-0.3, -0.25) is 0 Å². The molecule has 1 heterocycles. The van der Waals surface area contributed by atoms with Crippen molar-refractivity contribution in [3.63, 3.8) is 0 Å². The number of hydrogen-bond donors (Lipinski definition) is 1. The predicted octanol–water partition coefficient (Wildman–Crippen LogP) is 0.503. The Balaban J connectivity index is 2.86. The van der Waals surface area contributed by atoms with Gasteiger partial charge in [0.15, 0.2) is 0 Å². The van der Waals surface area contributed by atoms with Gasteiger partial charge in [0.1, 0.15) is 11.5 Å². The lowest BCUT2D eigenvalue weighted by atomic mass is 10.2. The summed E-state index contributed by atoms with van der Waals surface area (Å²) in [5, 5.41) is 3.86. The first-order chi connectivity index (χ1) is 5.65. The van der Waals surface area contributed by atoms with Gasteiger partial charge in [0.2, 0.25) is 0 Å². The van der Waals surface area contributed by atoms with E-state index in [2.05, 4.69) is 10.1 Å². The van der Waals surface area contributed by atoms with Crippen LogP contribution in [0, 0.1) is 6.92 Å². The number of aromatic nitrogens is 1. The zero-order valence-electron chi connectivity index (χ0n) is 7.79. The molecule has 4 heteroatoms. The van der Waals surface area contributed by atoms with Gasteiger partial charge < -0.3 is 15.2 Å². The topological polar surface area (TPSA) is 55.3 Å². The minimum Gasteiger partial charge on any atom is -0.361 e. The van der Waals surface area contributed by atoms with E-state index in [0.717, 1.165) is 23.6 Å². The SMILES string of the molecule is Cc1onc(CN)c1CN(C)C. The van der Waals surface area contributed by atoms with Crippen molar-refractivity contribution in [2.45, 2.75) is 20.0 Å².